The van der Waals surface area contributed by atoms with Gasteiger partial charge in [-0.25, -0.2) is 0 Å². The lowest BCUT2D eigenvalue weighted by Gasteiger charge is -2.10. The monoisotopic (exact) mass is 366 g/mol. The summed E-state index contributed by atoms with van der Waals surface area (Å²) in [5.74, 6) is 1.56. The lowest BCUT2D eigenvalue weighted by atomic mass is 10.1. The Bertz CT molecular complexity index is 972. The first-order chi connectivity index (χ1) is 13.1. The van der Waals surface area contributed by atoms with Gasteiger partial charge in [-0.05, 0) is 49.6 Å². The summed E-state index contributed by atoms with van der Waals surface area (Å²) in [6.45, 7) is 6.79. The fourth-order valence-corrected chi connectivity index (χ4v) is 2.91. The summed E-state index contributed by atoms with van der Waals surface area (Å²) in [5.41, 5.74) is 2.35. The Morgan fingerprint density at radius 1 is 0.963 bits per heavy atom. The van der Waals surface area contributed by atoms with Crippen molar-refractivity contribution in [1.82, 2.24) is 0 Å². The van der Waals surface area contributed by atoms with Crippen molar-refractivity contribution in [3.8, 4) is 17.2 Å². The van der Waals surface area contributed by atoms with Crippen LogP contribution in [0, 0.1) is 13.8 Å². The van der Waals surface area contributed by atoms with E-state index in [9.17, 15) is 4.79 Å². The van der Waals surface area contributed by atoms with Crippen molar-refractivity contribution < 1.29 is 13.9 Å². The van der Waals surface area contributed by atoms with E-state index < -0.39 is 0 Å². The minimum absolute atomic E-state index is 0.185. The third-order valence-electron chi connectivity index (χ3n) is 4.54. The van der Waals surface area contributed by atoms with E-state index in [1.165, 1.54) is 19.1 Å². The molecule has 0 aliphatic carbocycles. The average Bonchev–Trinajstić information content (AvgIpc) is 2.66. The molecule has 0 saturated heterocycles. The fourth-order valence-electron chi connectivity index (χ4n) is 2.91. The molecule has 4 heteroatoms. The maximum atomic E-state index is 12.7. The second-order valence-corrected chi connectivity index (χ2v) is 6.87. The number of hydrogen-bond acceptors (Lipinski definition) is 4. The number of hydrogen-bond donors (Lipinski definition) is 0. The van der Waals surface area contributed by atoms with E-state index in [0.29, 0.717) is 29.1 Å². The molecule has 1 heterocycles. The normalized spacial score (nSPS) is 10.9. The van der Waals surface area contributed by atoms with Crippen molar-refractivity contribution in [2.75, 3.05) is 6.61 Å². The van der Waals surface area contributed by atoms with Crippen LogP contribution >= 0.6 is 0 Å². The summed E-state index contributed by atoms with van der Waals surface area (Å²) in [6.07, 6.45) is 5.99. The molecule has 0 bridgehead atoms. The zero-order valence-electron chi connectivity index (χ0n) is 16.2. The topological polar surface area (TPSA) is 48.7 Å². The van der Waals surface area contributed by atoms with Crippen molar-refractivity contribution in [2.45, 2.75) is 46.5 Å². The summed E-state index contributed by atoms with van der Waals surface area (Å²) in [5, 5.41) is 0.483. The van der Waals surface area contributed by atoms with Gasteiger partial charge in [-0.3, -0.25) is 4.79 Å². The second-order valence-electron chi connectivity index (χ2n) is 6.87. The largest absolute Gasteiger partial charge is 0.493 e. The van der Waals surface area contributed by atoms with Crippen LogP contribution < -0.4 is 14.9 Å². The molecule has 0 amide bonds. The molecular weight excluding hydrogens is 340 g/mol. The number of ether oxygens (including phenoxy) is 2. The molecule has 0 unspecified atom stereocenters. The Kier molecular flexibility index (Phi) is 6.17. The Hall–Kier alpha value is -2.75. The molecule has 0 radical (unpaired) electrons. The van der Waals surface area contributed by atoms with Gasteiger partial charge in [0.05, 0.1) is 12.0 Å². The van der Waals surface area contributed by atoms with E-state index in [1.54, 1.807) is 18.2 Å². The average molecular weight is 366 g/mol. The standard InChI is InChI=1S/C23H26O4/c1-4-5-6-7-12-25-18-10-11-19-21(14-18)26-15-22(23(19)24)27-20-13-16(2)8-9-17(20)3/h8-11,13-15H,4-7,12H2,1-3H3. The van der Waals surface area contributed by atoms with Gasteiger partial charge >= 0.3 is 0 Å². The number of unbranched alkanes of at least 4 members (excludes halogenated alkanes) is 3. The molecule has 27 heavy (non-hydrogen) atoms. The van der Waals surface area contributed by atoms with Gasteiger partial charge in [0, 0.05) is 6.07 Å². The van der Waals surface area contributed by atoms with Gasteiger partial charge in [0.25, 0.3) is 0 Å². The lowest BCUT2D eigenvalue weighted by molar-refractivity contribution is 0.305. The van der Waals surface area contributed by atoms with E-state index in [1.807, 2.05) is 32.0 Å². The maximum Gasteiger partial charge on any atom is 0.235 e. The van der Waals surface area contributed by atoms with Crippen LogP contribution in [-0.4, -0.2) is 6.61 Å². The van der Waals surface area contributed by atoms with Crippen LogP contribution in [0.2, 0.25) is 0 Å². The Morgan fingerprint density at radius 3 is 2.63 bits per heavy atom. The van der Waals surface area contributed by atoms with Crippen LogP contribution in [0.1, 0.15) is 43.7 Å². The Labute approximate surface area is 159 Å². The highest BCUT2D eigenvalue weighted by Crippen LogP contribution is 2.27. The third-order valence-corrected chi connectivity index (χ3v) is 4.54. The number of fused-ring (bicyclic) bond motifs is 1. The SMILES string of the molecule is CCCCCCOc1ccc2c(=O)c(Oc3cc(C)ccc3C)coc2c1. The molecule has 3 aromatic rings. The van der Waals surface area contributed by atoms with Gasteiger partial charge in [0.1, 0.15) is 23.3 Å². The van der Waals surface area contributed by atoms with E-state index >= 15 is 0 Å². The molecule has 0 aliphatic heterocycles. The van der Waals surface area contributed by atoms with E-state index in [4.69, 9.17) is 13.9 Å². The predicted molar refractivity (Wildman–Crippen MR) is 108 cm³/mol. The van der Waals surface area contributed by atoms with Gasteiger partial charge in [0.2, 0.25) is 11.2 Å². The molecule has 0 spiro atoms. The number of benzene rings is 2. The highest BCUT2D eigenvalue weighted by atomic mass is 16.5. The summed E-state index contributed by atoms with van der Waals surface area (Å²) >= 11 is 0. The van der Waals surface area contributed by atoms with Gasteiger partial charge in [-0.15, -0.1) is 0 Å². The minimum Gasteiger partial charge on any atom is -0.493 e. The molecule has 0 fully saturated rings. The van der Waals surface area contributed by atoms with E-state index in [2.05, 4.69) is 6.92 Å². The number of aryl methyl sites for hydroxylation is 2. The second kappa shape index (κ2) is 8.76. The molecule has 4 nitrogen and oxygen atoms in total. The summed E-state index contributed by atoms with van der Waals surface area (Å²) in [7, 11) is 0. The van der Waals surface area contributed by atoms with E-state index in [-0.39, 0.29) is 11.2 Å². The Morgan fingerprint density at radius 2 is 1.81 bits per heavy atom. The molecule has 3 rings (SSSR count). The summed E-state index contributed by atoms with van der Waals surface area (Å²) in [4.78, 5) is 12.7. The van der Waals surface area contributed by atoms with Crippen molar-refractivity contribution in [3.63, 3.8) is 0 Å². The molecule has 0 saturated carbocycles. The first kappa shape index (κ1) is 19.0. The Balaban J connectivity index is 1.78. The molecule has 2 aromatic carbocycles. The maximum absolute atomic E-state index is 12.7. The van der Waals surface area contributed by atoms with Crippen LogP contribution in [0.3, 0.4) is 0 Å². The van der Waals surface area contributed by atoms with Crippen LogP contribution in [0.15, 0.2) is 51.9 Å². The smallest absolute Gasteiger partial charge is 0.235 e. The summed E-state index contributed by atoms with van der Waals surface area (Å²) in [6, 6.07) is 11.2. The minimum atomic E-state index is -0.188. The summed E-state index contributed by atoms with van der Waals surface area (Å²) < 4.78 is 17.2. The molecule has 0 aliphatic rings. The van der Waals surface area contributed by atoms with Crippen molar-refractivity contribution >= 4 is 11.0 Å². The quantitative estimate of drug-likeness (QED) is 0.448. The zero-order valence-corrected chi connectivity index (χ0v) is 16.2. The molecule has 142 valence electrons. The fraction of sp³-hybridized carbons (Fsp3) is 0.348. The van der Waals surface area contributed by atoms with Crippen LogP contribution in [0.4, 0.5) is 0 Å². The van der Waals surface area contributed by atoms with Gasteiger partial charge in [-0.2, -0.15) is 0 Å². The van der Waals surface area contributed by atoms with Gasteiger partial charge in [-0.1, -0.05) is 38.3 Å². The van der Waals surface area contributed by atoms with Crippen molar-refractivity contribution in [2.24, 2.45) is 0 Å². The van der Waals surface area contributed by atoms with Crippen molar-refractivity contribution in [1.29, 1.82) is 0 Å². The van der Waals surface area contributed by atoms with Gasteiger partial charge < -0.3 is 13.9 Å². The molecule has 1 aromatic heterocycles. The predicted octanol–water partition coefficient (Wildman–Crippen LogP) is 6.16. The molecule has 0 atom stereocenters. The molecular formula is C23H26O4. The number of rotatable bonds is 8. The first-order valence-corrected chi connectivity index (χ1v) is 9.52. The van der Waals surface area contributed by atoms with Crippen LogP contribution in [0.5, 0.6) is 17.2 Å². The lowest BCUT2D eigenvalue weighted by Crippen LogP contribution is -2.06. The van der Waals surface area contributed by atoms with Gasteiger partial charge in [0.15, 0.2) is 0 Å². The highest BCUT2D eigenvalue weighted by Gasteiger charge is 2.11. The van der Waals surface area contributed by atoms with Crippen LogP contribution in [-0.2, 0) is 0 Å². The van der Waals surface area contributed by atoms with E-state index in [0.717, 1.165) is 24.0 Å². The van der Waals surface area contributed by atoms with Crippen molar-refractivity contribution in [3.05, 3.63) is 64.0 Å². The first-order valence-electron chi connectivity index (χ1n) is 9.52. The zero-order chi connectivity index (χ0) is 19.2. The highest BCUT2D eigenvalue weighted by molar-refractivity contribution is 5.79. The third kappa shape index (κ3) is 4.70. The molecule has 0 N–H and O–H groups in total. The van der Waals surface area contributed by atoms with Crippen LogP contribution in [0.25, 0.3) is 11.0 Å².